The molecule has 4 nitrogen and oxygen atoms in total. The predicted molar refractivity (Wildman–Crippen MR) is 45.0 cm³/mol. The average Bonchev–Trinajstić information content (AvgIpc) is 2.27. The Hall–Kier alpha value is -1.25. The van der Waals surface area contributed by atoms with Gasteiger partial charge in [0.1, 0.15) is 0 Å². The Labute approximate surface area is 75.4 Å². The van der Waals surface area contributed by atoms with Crippen LogP contribution in [-0.2, 0) is 9.09 Å². The fraction of sp³-hybridized carbons (Fsp3) is 0.125. The molecule has 1 aliphatic rings. The summed E-state index contributed by atoms with van der Waals surface area (Å²) in [4.78, 5) is 11.3. The van der Waals surface area contributed by atoms with E-state index in [1.165, 1.54) is 0 Å². The predicted octanol–water partition coefficient (Wildman–Crippen LogP) is 1.94. The van der Waals surface area contributed by atoms with Gasteiger partial charge < -0.3 is 0 Å². The van der Waals surface area contributed by atoms with Gasteiger partial charge >= 0.3 is 8.25 Å². The van der Waals surface area contributed by atoms with Gasteiger partial charge in [-0.25, -0.2) is 4.52 Å². The Bertz CT molecular complexity index is 374. The summed E-state index contributed by atoms with van der Waals surface area (Å²) in [6.45, 7) is -0.188. The highest BCUT2D eigenvalue weighted by molar-refractivity contribution is 7.33. The van der Waals surface area contributed by atoms with Crippen LogP contribution >= 0.6 is 8.25 Å². The molecule has 66 valence electrons. The second-order valence-electron chi connectivity index (χ2n) is 2.51. The van der Waals surface area contributed by atoms with E-state index in [1.54, 1.807) is 24.3 Å². The number of hydrogen-bond acceptors (Lipinski definition) is 4. The van der Waals surface area contributed by atoms with Crippen molar-refractivity contribution in [1.82, 2.24) is 0 Å². The fourth-order valence-corrected chi connectivity index (χ4v) is 1.67. The minimum Gasteiger partial charge on any atom is -0.291 e. The summed E-state index contributed by atoms with van der Waals surface area (Å²) in [5.74, 6) is 0.113. The van der Waals surface area contributed by atoms with Crippen LogP contribution < -0.4 is 4.52 Å². The fourth-order valence-electron chi connectivity index (χ4n) is 1.07. The van der Waals surface area contributed by atoms with Gasteiger partial charge in [0.25, 0.3) is 0 Å². The maximum atomic E-state index is 11.3. The van der Waals surface area contributed by atoms with E-state index >= 15 is 0 Å². The topological polar surface area (TPSA) is 52.6 Å². The van der Waals surface area contributed by atoms with Gasteiger partial charge in [-0.1, -0.05) is 12.1 Å². The third-order valence-electron chi connectivity index (χ3n) is 1.66. The van der Waals surface area contributed by atoms with Crippen LogP contribution in [0.1, 0.15) is 10.4 Å². The summed E-state index contributed by atoms with van der Waals surface area (Å²) in [7, 11) is -2.20. The Morgan fingerprint density at radius 2 is 2.08 bits per heavy atom. The highest BCUT2D eigenvalue weighted by Gasteiger charge is 2.31. The van der Waals surface area contributed by atoms with Crippen LogP contribution in [0, 0.1) is 0 Å². The molecule has 2 rings (SSSR count). The van der Waals surface area contributed by atoms with Gasteiger partial charge in [0, 0.05) is 4.57 Å². The zero-order valence-electron chi connectivity index (χ0n) is 6.60. The van der Waals surface area contributed by atoms with Crippen LogP contribution in [0.3, 0.4) is 0 Å². The Morgan fingerprint density at radius 1 is 1.31 bits per heavy atom. The summed E-state index contributed by atoms with van der Waals surface area (Å²) in [6.07, 6.45) is 0. The molecular formula is C8H6O4P+. The minimum atomic E-state index is -2.20. The highest BCUT2D eigenvalue weighted by atomic mass is 31.1. The van der Waals surface area contributed by atoms with E-state index in [0.29, 0.717) is 11.3 Å². The van der Waals surface area contributed by atoms with E-state index in [9.17, 15) is 9.36 Å². The number of para-hydroxylation sites is 1. The molecule has 13 heavy (non-hydrogen) atoms. The van der Waals surface area contributed by atoms with E-state index in [4.69, 9.17) is 4.52 Å². The molecule has 1 aromatic carbocycles. The Morgan fingerprint density at radius 3 is 2.92 bits per heavy atom. The number of benzene rings is 1. The van der Waals surface area contributed by atoms with Gasteiger partial charge in [0.05, 0.1) is 5.56 Å². The first kappa shape index (κ1) is 8.35. The van der Waals surface area contributed by atoms with Crippen LogP contribution in [0.5, 0.6) is 5.75 Å². The molecular weight excluding hydrogens is 191 g/mol. The Kier molecular flexibility index (Phi) is 2.08. The van der Waals surface area contributed by atoms with E-state index < -0.39 is 8.25 Å². The van der Waals surface area contributed by atoms with E-state index in [2.05, 4.69) is 4.52 Å². The maximum Gasteiger partial charge on any atom is 0.750 e. The summed E-state index contributed by atoms with van der Waals surface area (Å²) < 4.78 is 20.5. The van der Waals surface area contributed by atoms with Crippen molar-refractivity contribution in [3.8, 4) is 5.75 Å². The van der Waals surface area contributed by atoms with Crippen LogP contribution in [0.25, 0.3) is 0 Å². The molecule has 1 atom stereocenters. The van der Waals surface area contributed by atoms with Crippen molar-refractivity contribution in [1.29, 1.82) is 0 Å². The van der Waals surface area contributed by atoms with Gasteiger partial charge in [0.2, 0.25) is 5.75 Å². The smallest absolute Gasteiger partial charge is 0.291 e. The lowest BCUT2D eigenvalue weighted by Gasteiger charge is -1.95. The third kappa shape index (κ3) is 1.59. The van der Waals surface area contributed by atoms with Crippen LogP contribution in [0.4, 0.5) is 0 Å². The molecule has 0 spiro atoms. The quantitative estimate of drug-likeness (QED) is 0.596. The lowest BCUT2D eigenvalue weighted by Crippen LogP contribution is -2.03. The first-order valence-electron chi connectivity index (χ1n) is 3.68. The van der Waals surface area contributed by atoms with Crippen LogP contribution in [0.2, 0.25) is 0 Å². The number of ketones is 1. The van der Waals surface area contributed by atoms with Crippen LogP contribution in [0.15, 0.2) is 24.3 Å². The average molecular weight is 197 g/mol. The van der Waals surface area contributed by atoms with E-state index in [1.807, 2.05) is 0 Å². The largest absolute Gasteiger partial charge is 0.750 e. The van der Waals surface area contributed by atoms with Gasteiger partial charge in [-0.05, 0) is 12.1 Å². The molecule has 0 amide bonds. The van der Waals surface area contributed by atoms with Crippen molar-refractivity contribution in [2.75, 3.05) is 6.61 Å². The van der Waals surface area contributed by atoms with Gasteiger partial charge in [0.15, 0.2) is 12.4 Å². The summed E-state index contributed by atoms with van der Waals surface area (Å²) in [5, 5.41) is 0. The molecule has 0 bridgehead atoms. The first-order valence-corrected chi connectivity index (χ1v) is 4.77. The third-order valence-corrected chi connectivity index (χ3v) is 2.35. The van der Waals surface area contributed by atoms with E-state index in [0.717, 1.165) is 0 Å². The lowest BCUT2D eigenvalue weighted by molar-refractivity contribution is 0.0928. The van der Waals surface area contributed by atoms with Crippen molar-refractivity contribution < 1.29 is 18.4 Å². The number of carbonyl (C=O) groups is 1. The molecule has 1 heterocycles. The van der Waals surface area contributed by atoms with Crippen molar-refractivity contribution in [2.24, 2.45) is 0 Å². The number of hydrogen-bond donors (Lipinski definition) is 0. The van der Waals surface area contributed by atoms with Crippen LogP contribution in [-0.4, -0.2) is 12.4 Å². The van der Waals surface area contributed by atoms with Crippen molar-refractivity contribution in [2.45, 2.75) is 0 Å². The molecule has 1 unspecified atom stereocenters. The maximum absolute atomic E-state index is 11.3. The van der Waals surface area contributed by atoms with Gasteiger partial charge in [-0.15, -0.1) is 4.52 Å². The zero-order chi connectivity index (χ0) is 9.26. The molecule has 0 N–H and O–H groups in total. The molecule has 0 saturated carbocycles. The van der Waals surface area contributed by atoms with Crippen molar-refractivity contribution in [3.63, 3.8) is 0 Å². The van der Waals surface area contributed by atoms with Gasteiger partial charge in [-0.3, -0.25) is 4.79 Å². The molecule has 0 fully saturated rings. The van der Waals surface area contributed by atoms with Crippen molar-refractivity contribution in [3.05, 3.63) is 29.8 Å². The number of rotatable bonds is 0. The summed E-state index contributed by atoms with van der Waals surface area (Å²) in [5.41, 5.74) is 0.420. The molecule has 0 radical (unpaired) electrons. The number of carbonyl (C=O) groups excluding carboxylic acids is 1. The number of Topliss-reactive ketones (excluding diaryl/α,β-unsaturated/α-hetero) is 1. The summed E-state index contributed by atoms with van der Waals surface area (Å²) >= 11 is 0. The molecule has 0 aromatic heterocycles. The Balaban J connectivity index is 2.49. The molecule has 5 heteroatoms. The molecule has 0 aliphatic carbocycles. The normalized spacial score (nSPS) is 18.8. The van der Waals surface area contributed by atoms with E-state index in [-0.39, 0.29) is 12.4 Å². The molecule has 1 aromatic rings. The second-order valence-corrected chi connectivity index (χ2v) is 3.40. The van der Waals surface area contributed by atoms with Gasteiger partial charge in [-0.2, -0.15) is 0 Å². The number of fused-ring (bicyclic) bond motifs is 1. The minimum absolute atomic E-state index is 0.188. The summed E-state index contributed by atoms with van der Waals surface area (Å²) in [6, 6.07) is 6.64. The molecule has 1 aliphatic heterocycles. The SMILES string of the molecule is O=C1CO[P+](=O)Oc2ccccc21. The second kappa shape index (κ2) is 3.24. The van der Waals surface area contributed by atoms with Crippen molar-refractivity contribution >= 4 is 14.0 Å². The highest BCUT2D eigenvalue weighted by Crippen LogP contribution is 2.34. The lowest BCUT2D eigenvalue weighted by atomic mass is 10.1. The first-order chi connectivity index (χ1) is 6.27. The molecule has 0 saturated heterocycles. The monoisotopic (exact) mass is 197 g/mol. The standard InChI is InChI=1S/C8H6O4P/c9-7-5-11-13(10)12-8-4-2-1-3-6(7)8/h1-4H,5H2/q+1. The zero-order valence-corrected chi connectivity index (χ0v) is 7.49.